The number of fused-ring (bicyclic) bond motifs is 2. The SMILES string of the molecule is CC=CP(OS(=O)(=O)ON1C(=O)N2CC=C(c3cnc(=O)n(C)c3)C1C2)(c1ccccc1)(c1ccccc1)c1ccccc1. The number of rotatable bonds is 9. The molecule has 3 heterocycles. The third-order valence-electron chi connectivity index (χ3n) is 7.97. The van der Waals surface area contributed by atoms with Crippen molar-refractivity contribution in [3.8, 4) is 0 Å². The number of aryl methyl sites for hydroxylation is 1. The van der Waals surface area contributed by atoms with Gasteiger partial charge in [-0.3, -0.25) is 0 Å². The Morgan fingerprint density at radius 2 is 1.43 bits per heavy atom. The summed E-state index contributed by atoms with van der Waals surface area (Å²) in [6.07, 6.45) is 6.60. The second-order valence-corrected chi connectivity index (χ2v) is 16.2. The molecule has 1 unspecified atom stereocenters. The van der Waals surface area contributed by atoms with Crippen LogP contribution in [0.25, 0.3) is 5.57 Å². The van der Waals surface area contributed by atoms with Crippen LogP contribution in [-0.2, 0) is 25.7 Å². The number of carbonyl (C=O) groups excluding carboxylic acids is 1. The number of amides is 2. The summed E-state index contributed by atoms with van der Waals surface area (Å²) in [5.74, 6) is 1.82. The van der Waals surface area contributed by atoms with Crippen LogP contribution in [0, 0.1) is 0 Å². The minimum absolute atomic E-state index is 0.192. The molecule has 2 amide bonds. The Hall–Kier alpha value is -4.41. The molecule has 0 radical (unpaired) electrons. The molecule has 3 aromatic carbocycles. The molecule has 0 spiro atoms. The van der Waals surface area contributed by atoms with Crippen molar-refractivity contribution in [2.24, 2.45) is 7.05 Å². The summed E-state index contributed by atoms with van der Waals surface area (Å²) >= 11 is 0. The summed E-state index contributed by atoms with van der Waals surface area (Å²) in [6, 6.07) is 26.3. The zero-order valence-electron chi connectivity index (χ0n) is 24.1. The van der Waals surface area contributed by atoms with Crippen LogP contribution in [0.1, 0.15) is 12.5 Å². The number of allylic oxidation sites excluding steroid dienone is 1. The topological polar surface area (TPSA) is 111 Å². The standard InChI is InChI=1S/C32H31N4O6PS/c1-3-21-43(26-13-7-4-8-14-26,27-15-9-5-10-16-27,28-17-11-6-12-18-28)42-44(39,40)41-36-30-24-35(32(36)38)20-19-29(30)25-22-33-31(37)34(2)23-25/h3-19,21-23,30H,20,24H2,1-2H3. The quantitative estimate of drug-likeness (QED) is 0.261. The van der Waals surface area contributed by atoms with Gasteiger partial charge in [0.15, 0.2) is 0 Å². The molecule has 1 atom stereocenters. The van der Waals surface area contributed by atoms with Crippen molar-refractivity contribution >= 4 is 44.7 Å². The predicted octanol–water partition coefficient (Wildman–Crippen LogP) is 3.45. The predicted molar refractivity (Wildman–Crippen MR) is 171 cm³/mol. The summed E-state index contributed by atoms with van der Waals surface area (Å²) in [5.41, 5.74) is 0.756. The molecular weight excluding hydrogens is 599 g/mol. The summed E-state index contributed by atoms with van der Waals surface area (Å²) in [5, 5.41) is 2.75. The molecule has 4 aromatic rings. The second kappa shape index (κ2) is 11.3. The van der Waals surface area contributed by atoms with Crippen LogP contribution in [0.5, 0.6) is 0 Å². The fraction of sp³-hybridized carbons (Fsp3) is 0.156. The maximum atomic E-state index is 14.3. The molecule has 10 nitrogen and oxygen atoms in total. The van der Waals surface area contributed by atoms with Crippen LogP contribution in [0.4, 0.5) is 4.79 Å². The molecular formula is C32H31N4O6PS. The van der Waals surface area contributed by atoms with Gasteiger partial charge in [0.2, 0.25) is 0 Å². The summed E-state index contributed by atoms with van der Waals surface area (Å²) in [6.45, 7) is -2.23. The Morgan fingerprint density at radius 1 is 0.886 bits per heavy atom. The van der Waals surface area contributed by atoms with Gasteiger partial charge in [-0.1, -0.05) is 0 Å². The fourth-order valence-corrected chi connectivity index (χ4v) is 13.5. The maximum absolute atomic E-state index is 14.3. The van der Waals surface area contributed by atoms with Crippen molar-refractivity contribution in [2.45, 2.75) is 13.0 Å². The molecule has 1 aromatic heterocycles. The molecule has 1 fully saturated rings. The van der Waals surface area contributed by atoms with Gasteiger partial charge < -0.3 is 0 Å². The van der Waals surface area contributed by atoms with E-state index in [0.717, 1.165) is 5.06 Å². The van der Waals surface area contributed by atoms with Gasteiger partial charge in [0, 0.05) is 0 Å². The summed E-state index contributed by atoms with van der Waals surface area (Å²) in [7, 11) is -3.38. The molecule has 44 heavy (non-hydrogen) atoms. The number of nitrogens with zero attached hydrogens (tertiary/aromatic N) is 4. The average Bonchev–Trinajstić information content (AvgIpc) is 3.27. The molecule has 1 saturated heterocycles. The molecule has 0 aliphatic carbocycles. The number of hydroxylamine groups is 2. The average molecular weight is 631 g/mol. The molecule has 6 rings (SSSR count). The van der Waals surface area contributed by atoms with E-state index < -0.39 is 35.0 Å². The van der Waals surface area contributed by atoms with Crippen LogP contribution in [0.3, 0.4) is 0 Å². The van der Waals surface area contributed by atoms with Crippen molar-refractivity contribution in [3.63, 3.8) is 0 Å². The normalized spacial score (nSPS) is 17.9. The first-order valence-electron chi connectivity index (χ1n) is 14.0. The van der Waals surface area contributed by atoms with E-state index in [-0.39, 0.29) is 13.1 Å². The Morgan fingerprint density at radius 3 is 1.93 bits per heavy atom. The van der Waals surface area contributed by atoms with Gasteiger partial charge in [-0.05, 0) is 0 Å². The Balaban J connectivity index is 1.50. The van der Waals surface area contributed by atoms with Crippen LogP contribution in [0.15, 0.2) is 126 Å². The zero-order chi connectivity index (χ0) is 31.0. The van der Waals surface area contributed by atoms with Gasteiger partial charge in [0.1, 0.15) is 0 Å². The summed E-state index contributed by atoms with van der Waals surface area (Å²) in [4.78, 5) is 30.7. The first-order valence-corrected chi connectivity index (χ1v) is 17.5. The number of aromatic nitrogens is 2. The van der Waals surface area contributed by atoms with E-state index in [0.29, 0.717) is 27.1 Å². The number of hydrogen-bond donors (Lipinski definition) is 0. The number of hydrogen-bond acceptors (Lipinski definition) is 7. The Labute approximate surface area is 255 Å². The van der Waals surface area contributed by atoms with Crippen LogP contribution >= 0.6 is 6.83 Å². The van der Waals surface area contributed by atoms with Gasteiger partial charge in [0.25, 0.3) is 0 Å². The van der Waals surface area contributed by atoms with Crippen LogP contribution in [0.2, 0.25) is 0 Å². The Kier molecular flexibility index (Phi) is 7.59. The van der Waals surface area contributed by atoms with Gasteiger partial charge in [-0.2, -0.15) is 0 Å². The molecule has 2 bridgehead atoms. The molecule has 226 valence electrons. The second-order valence-electron chi connectivity index (χ2n) is 10.6. The van der Waals surface area contributed by atoms with Crippen molar-refractivity contribution in [3.05, 3.63) is 137 Å². The molecule has 2 aliphatic heterocycles. The van der Waals surface area contributed by atoms with Gasteiger partial charge in [-0.25, -0.2) is 0 Å². The van der Waals surface area contributed by atoms with E-state index in [9.17, 15) is 18.0 Å². The first kappa shape index (κ1) is 29.7. The van der Waals surface area contributed by atoms with Gasteiger partial charge in [0.05, 0.1) is 0 Å². The third-order valence-corrected chi connectivity index (χ3v) is 15.1. The number of benzene rings is 3. The van der Waals surface area contributed by atoms with Crippen molar-refractivity contribution < 1.29 is 21.5 Å². The zero-order valence-corrected chi connectivity index (χ0v) is 25.8. The number of carbonyl (C=O) groups is 1. The molecule has 2 aliphatic rings. The van der Waals surface area contributed by atoms with Crippen molar-refractivity contribution in [1.29, 1.82) is 0 Å². The van der Waals surface area contributed by atoms with Crippen molar-refractivity contribution in [1.82, 2.24) is 19.5 Å². The van der Waals surface area contributed by atoms with E-state index in [2.05, 4.69) is 4.98 Å². The van der Waals surface area contributed by atoms with Crippen LogP contribution < -0.4 is 21.6 Å². The van der Waals surface area contributed by atoms with E-state index in [1.807, 2.05) is 110 Å². The minimum atomic E-state index is -4.95. The first-order chi connectivity index (χ1) is 21.2. The van der Waals surface area contributed by atoms with Gasteiger partial charge >= 0.3 is 256 Å². The monoisotopic (exact) mass is 630 g/mol. The third kappa shape index (κ3) is 4.78. The number of urea groups is 1. The van der Waals surface area contributed by atoms with E-state index in [1.165, 1.54) is 15.7 Å². The van der Waals surface area contributed by atoms with E-state index in [1.54, 1.807) is 19.3 Å². The van der Waals surface area contributed by atoms with Gasteiger partial charge in [-0.15, -0.1) is 0 Å². The fourth-order valence-electron chi connectivity index (χ4n) is 6.03. The van der Waals surface area contributed by atoms with E-state index in [4.69, 9.17) is 8.25 Å². The molecule has 0 saturated carbocycles. The van der Waals surface area contributed by atoms with Crippen molar-refractivity contribution in [2.75, 3.05) is 13.1 Å². The van der Waals surface area contributed by atoms with E-state index >= 15 is 0 Å². The molecule has 12 heteroatoms. The molecule has 0 N–H and O–H groups in total. The summed E-state index contributed by atoms with van der Waals surface area (Å²) < 4.78 is 42.2. The Bertz CT molecular complexity index is 1830. The van der Waals surface area contributed by atoms with Crippen LogP contribution in [-0.4, -0.2) is 53.1 Å².